The first-order valence-corrected chi connectivity index (χ1v) is 6.23. The molecule has 4 nitrogen and oxygen atoms in total. The molecular formula is C15H15N3O. The van der Waals surface area contributed by atoms with Gasteiger partial charge in [0.15, 0.2) is 0 Å². The molecule has 0 aliphatic carbocycles. The normalized spacial score (nSPS) is 12.7. The number of hydrogen-bond donors (Lipinski definition) is 1. The summed E-state index contributed by atoms with van der Waals surface area (Å²) in [6.07, 6.45) is 3.28. The minimum Gasteiger partial charge on any atom is -0.386 e. The molecule has 0 aliphatic rings. The molecule has 0 spiro atoms. The van der Waals surface area contributed by atoms with Crippen molar-refractivity contribution in [2.75, 3.05) is 0 Å². The van der Waals surface area contributed by atoms with Crippen LogP contribution in [0.1, 0.15) is 17.5 Å². The number of aliphatic hydroxyl groups excluding tert-OH is 1. The Kier molecular flexibility index (Phi) is 3.01. The van der Waals surface area contributed by atoms with Gasteiger partial charge in [0.1, 0.15) is 6.10 Å². The lowest BCUT2D eigenvalue weighted by molar-refractivity contribution is 0.169. The third-order valence-corrected chi connectivity index (χ3v) is 3.25. The molecule has 2 heterocycles. The topological polar surface area (TPSA) is 50.9 Å². The van der Waals surface area contributed by atoms with Gasteiger partial charge < -0.3 is 9.67 Å². The summed E-state index contributed by atoms with van der Waals surface area (Å²) in [6.45, 7) is 0. The standard InChI is InChI=1S/C15H15N3O/c1-18-10-16-9-14(18)15(19)8-12-7-6-11-4-2-3-5-13(11)17-12/h2-7,9-10,15,19H,8H2,1H3. The fourth-order valence-electron chi connectivity index (χ4n) is 2.21. The Hall–Kier alpha value is -2.20. The Morgan fingerprint density at radius 2 is 2.05 bits per heavy atom. The average Bonchev–Trinajstić information content (AvgIpc) is 2.85. The summed E-state index contributed by atoms with van der Waals surface area (Å²) in [5.74, 6) is 0. The Morgan fingerprint density at radius 1 is 1.21 bits per heavy atom. The van der Waals surface area contributed by atoms with Crippen LogP contribution >= 0.6 is 0 Å². The number of aromatic nitrogens is 3. The highest BCUT2D eigenvalue weighted by molar-refractivity contribution is 5.78. The van der Waals surface area contributed by atoms with E-state index in [0.29, 0.717) is 6.42 Å². The zero-order valence-corrected chi connectivity index (χ0v) is 10.7. The van der Waals surface area contributed by atoms with Crippen molar-refractivity contribution < 1.29 is 5.11 Å². The van der Waals surface area contributed by atoms with Crippen LogP contribution in [0.25, 0.3) is 10.9 Å². The van der Waals surface area contributed by atoms with E-state index in [1.165, 1.54) is 0 Å². The van der Waals surface area contributed by atoms with Gasteiger partial charge in [-0.25, -0.2) is 4.98 Å². The van der Waals surface area contributed by atoms with Crippen molar-refractivity contribution in [3.05, 3.63) is 60.3 Å². The molecule has 3 rings (SSSR count). The van der Waals surface area contributed by atoms with Gasteiger partial charge in [-0.05, 0) is 12.1 Å². The van der Waals surface area contributed by atoms with E-state index in [1.54, 1.807) is 12.5 Å². The maximum atomic E-state index is 10.2. The number of aliphatic hydroxyl groups is 1. The molecule has 96 valence electrons. The summed E-state index contributed by atoms with van der Waals surface area (Å²) >= 11 is 0. The SMILES string of the molecule is Cn1cncc1C(O)Cc1ccc2ccccc2n1. The summed E-state index contributed by atoms with van der Waals surface area (Å²) < 4.78 is 1.83. The number of aryl methyl sites for hydroxylation is 1. The maximum absolute atomic E-state index is 10.2. The van der Waals surface area contributed by atoms with E-state index in [1.807, 2.05) is 48.0 Å². The molecule has 0 fully saturated rings. The summed E-state index contributed by atoms with van der Waals surface area (Å²) in [4.78, 5) is 8.58. The number of imidazole rings is 1. The number of rotatable bonds is 3. The third kappa shape index (κ3) is 2.35. The first-order chi connectivity index (χ1) is 9.24. The summed E-state index contributed by atoms with van der Waals surface area (Å²) in [6, 6.07) is 12.0. The number of para-hydroxylation sites is 1. The molecule has 1 atom stereocenters. The van der Waals surface area contributed by atoms with Crippen LogP contribution in [0.2, 0.25) is 0 Å². The van der Waals surface area contributed by atoms with E-state index in [0.717, 1.165) is 22.3 Å². The van der Waals surface area contributed by atoms with E-state index < -0.39 is 6.10 Å². The number of hydrogen-bond acceptors (Lipinski definition) is 3. The third-order valence-electron chi connectivity index (χ3n) is 3.25. The Balaban J connectivity index is 1.87. The molecule has 19 heavy (non-hydrogen) atoms. The zero-order valence-electron chi connectivity index (χ0n) is 10.7. The van der Waals surface area contributed by atoms with Crippen molar-refractivity contribution in [3.63, 3.8) is 0 Å². The van der Waals surface area contributed by atoms with Gasteiger partial charge in [-0.3, -0.25) is 4.98 Å². The van der Waals surface area contributed by atoms with E-state index in [2.05, 4.69) is 9.97 Å². The lowest BCUT2D eigenvalue weighted by atomic mass is 10.1. The fourth-order valence-corrected chi connectivity index (χ4v) is 2.21. The van der Waals surface area contributed by atoms with Crippen LogP contribution < -0.4 is 0 Å². The minimum atomic E-state index is -0.582. The molecule has 0 amide bonds. The van der Waals surface area contributed by atoms with Crippen molar-refractivity contribution in [3.8, 4) is 0 Å². The second-order valence-corrected chi connectivity index (χ2v) is 4.64. The molecule has 1 aromatic carbocycles. The Labute approximate surface area is 111 Å². The first kappa shape index (κ1) is 11.9. The van der Waals surface area contributed by atoms with Crippen LogP contribution in [0.3, 0.4) is 0 Å². The van der Waals surface area contributed by atoms with Crippen LogP contribution in [0.15, 0.2) is 48.9 Å². The first-order valence-electron chi connectivity index (χ1n) is 6.23. The fraction of sp³-hybridized carbons (Fsp3) is 0.200. The second kappa shape index (κ2) is 4.82. The van der Waals surface area contributed by atoms with Crippen LogP contribution in [0, 0.1) is 0 Å². The lowest BCUT2D eigenvalue weighted by Gasteiger charge is -2.11. The van der Waals surface area contributed by atoms with Gasteiger partial charge in [-0.2, -0.15) is 0 Å². The monoisotopic (exact) mass is 253 g/mol. The highest BCUT2D eigenvalue weighted by atomic mass is 16.3. The zero-order chi connectivity index (χ0) is 13.2. The van der Waals surface area contributed by atoms with Crippen molar-refractivity contribution in [2.45, 2.75) is 12.5 Å². The van der Waals surface area contributed by atoms with E-state index in [9.17, 15) is 5.11 Å². The van der Waals surface area contributed by atoms with E-state index in [-0.39, 0.29) is 0 Å². The summed E-state index contributed by atoms with van der Waals surface area (Å²) in [5, 5.41) is 11.3. The average molecular weight is 253 g/mol. The molecule has 1 unspecified atom stereocenters. The van der Waals surface area contributed by atoms with E-state index in [4.69, 9.17) is 0 Å². The molecule has 0 bridgehead atoms. The van der Waals surface area contributed by atoms with Crippen molar-refractivity contribution in [1.82, 2.24) is 14.5 Å². The predicted octanol–water partition coefficient (Wildman–Crippen LogP) is 2.24. The van der Waals surface area contributed by atoms with Crippen molar-refractivity contribution >= 4 is 10.9 Å². The van der Waals surface area contributed by atoms with Crippen LogP contribution in [0.5, 0.6) is 0 Å². The molecule has 2 aromatic heterocycles. The highest BCUT2D eigenvalue weighted by Crippen LogP contribution is 2.18. The van der Waals surface area contributed by atoms with Crippen molar-refractivity contribution in [2.24, 2.45) is 7.05 Å². The largest absolute Gasteiger partial charge is 0.386 e. The smallest absolute Gasteiger partial charge is 0.101 e. The van der Waals surface area contributed by atoms with Gasteiger partial charge in [0, 0.05) is 24.5 Å². The number of pyridine rings is 1. The van der Waals surface area contributed by atoms with Gasteiger partial charge in [-0.1, -0.05) is 24.3 Å². The highest BCUT2D eigenvalue weighted by Gasteiger charge is 2.13. The summed E-state index contributed by atoms with van der Waals surface area (Å²) in [7, 11) is 1.87. The molecule has 1 N–H and O–H groups in total. The molecular weight excluding hydrogens is 238 g/mol. The number of fused-ring (bicyclic) bond motifs is 1. The van der Waals surface area contributed by atoms with Crippen molar-refractivity contribution in [1.29, 1.82) is 0 Å². The molecule has 0 radical (unpaired) electrons. The molecule has 4 heteroatoms. The van der Waals surface area contributed by atoms with Gasteiger partial charge in [0.05, 0.1) is 23.7 Å². The quantitative estimate of drug-likeness (QED) is 0.779. The Morgan fingerprint density at radius 3 is 2.84 bits per heavy atom. The van der Waals surface area contributed by atoms with Crippen LogP contribution in [-0.4, -0.2) is 19.6 Å². The molecule has 3 aromatic rings. The number of nitrogens with zero attached hydrogens (tertiary/aromatic N) is 3. The Bertz CT molecular complexity index is 705. The van der Waals surface area contributed by atoms with Gasteiger partial charge in [0.2, 0.25) is 0 Å². The summed E-state index contributed by atoms with van der Waals surface area (Å²) in [5.41, 5.74) is 2.64. The van der Waals surface area contributed by atoms with Crippen LogP contribution in [0.4, 0.5) is 0 Å². The predicted molar refractivity (Wildman–Crippen MR) is 73.6 cm³/mol. The second-order valence-electron chi connectivity index (χ2n) is 4.64. The molecule has 0 saturated heterocycles. The molecule has 0 saturated carbocycles. The number of benzene rings is 1. The molecule has 0 aliphatic heterocycles. The maximum Gasteiger partial charge on any atom is 0.101 e. The minimum absolute atomic E-state index is 0.490. The lowest BCUT2D eigenvalue weighted by Crippen LogP contribution is -2.07. The van der Waals surface area contributed by atoms with Gasteiger partial charge in [-0.15, -0.1) is 0 Å². The van der Waals surface area contributed by atoms with Gasteiger partial charge in [0.25, 0.3) is 0 Å². The van der Waals surface area contributed by atoms with Gasteiger partial charge >= 0.3 is 0 Å². The van der Waals surface area contributed by atoms with E-state index >= 15 is 0 Å². The van der Waals surface area contributed by atoms with Crippen LogP contribution in [-0.2, 0) is 13.5 Å².